The summed E-state index contributed by atoms with van der Waals surface area (Å²) in [5.74, 6) is -0.00336. The first-order valence-corrected chi connectivity index (χ1v) is 8.86. The zero-order valence-electron chi connectivity index (χ0n) is 15.1. The highest BCUT2D eigenvalue weighted by Gasteiger charge is 2.30. The van der Waals surface area contributed by atoms with Gasteiger partial charge in [-0.05, 0) is 37.1 Å². The van der Waals surface area contributed by atoms with Crippen molar-refractivity contribution in [1.29, 1.82) is 0 Å². The highest BCUT2D eigenvalue weighted by atomic mass is 19.1. The molecule has 1 fully saturated rings. The number of methoxy groups -OCH3 is 1. The van der Waals surface area contributed by atoms with Crippen LogP contribution in [0.2, 0.25) is 0 Å². The molecule has 146 valence electrons. The lowest BCUT2D eigenvalue weighted by atomic mass is 9.98. The Balaban J connectivity index is 1.56. The topological polar surface area (TPSA) is 93.8 Å². The summed E-state index contributed by atoms with van der Waals surface area (Å²) in [5.41, 5.74) is 1.46. The third kappa shape index (κ3) is 5.35. The van der Waals surface area contributed by atoms with Gasteiger partial charge in [-0.15, -0.1) is 0 Å². The molecule has 3 atom stereocenters. The summed E-state index contributed by atoms with van der Waals surface area (Å²) >= 11 is 0. The van der Waals surface area contributed by atoms with Gasteiger partial charge in [0.05, 0.1) is 17.9 Å². The lowest BCUT2D eigenvalue weighted by molar-refractivity contribution is -0.131. The van der Waals surface area contributed by atoms with Crippen LogP contribution < -0.4 is 5.32 Å². The van der Waals surface area contributed by atoms with E-state index in [1.54, 1.807) is 18.2 Å². The van der Waals surface area contributed by atoms with Crippen LogP contribution in [0.3, 0.4) is 0 Å². The number of benzene rings is 1. The standard InChI is InChI=1S/C19H23FN2O5/c1-25-11-19(24)21-10-18-16(23)7-6-15(26-18)8-14-9-17(27-22-14)12-2-4-13(20)5-3-12/h2-5,9,15-16,18,23H,6-8,10-11H2,1H3,(H,21,24)/t15-,16-,18+/m0/s1. The van der Waals surface area contributed by atoms with Crippen LogP contribution in [-0.2, 0) is 20.7 Å². The minimum atomic E-state index is -0.629. The van der Waals surface area contributed by atoms with Crippen molar-refractivity contribution in [1.82, 2.24) is 10.5 Å². The molecule has 0 saturated carbocycles. The highest BCUT2D eigenvalue weighted by molar-refractivity contribution is 5.77. The fraction of sp³-hybridized carbons (Fsp3) is 0.474. The first-order valence-electron chi connectivity index (χ1n) is 8.86. The normalized spacial score (nSPS) is 22.6. The number of hydrogen-bond donors (Lipinski definition) is 2. The van der Waals surface area contributed by atoms with Gasteiger partial charge in [0.1, 0.15) is 18.5 Å². The van der Waals surface area contributed by atoms with Gasteiger partial charge in [-0.25, -0.2) is 4.39 Å². The number of rotatable bonds is 7. The Morgan fingerprint density at radius 3 is 2.89 bits per heavy atom. The van der Waals surface area contributed by atoms with Crippen LogP contribution in [0, 0.1) is 5.82 Å². The monoisotopic (exact) mass is 378 g/mol. The molecule has 2 heterocycles. The second-order valence-corrected chi connectivity index (χ2v) is 6.57. The molecule has 1 saturated heterocycles. The average molecular weight is 378 g/mol. The summed E-state index contributed by atoms with van der Waals surface area (Å²) in [6.07, 6.45) is 0.550. The molecule has 1 aromatic heterocycles. The molecule has 0 aliphatic carbocycles. The Kier molecular flexibility index (Phi) is 6.54. The molecule has 7 nitrogen and oxygen atoms in total. The molecular weight excluding hydrogens is 355 g/mol. The summed E-state index contributed by atoms with van der Waals surface area (Å²) in [4.78, 5) is 11.5. The van der Waals surface area contributed by atoms with E-state index in [-0.39, 0.29) is 31.0 Å². The van der Waals surface area contributed by atoms with Crippen LogP contribution in [-0.4, -0.2) is 54.7 Å². The molecule has 2 aromatic rings. The number of amides is 1. The first-order chi connectivity index (χ1) is 13.0. The number of aliphatic hydroxyl groups excluding tert-OH is 1. The summed E-state index contributed by atoms with van der Waals surface area (Å²) in [6.45, 7) is 0.191. The molecule has 1 aromatic carbocycles. The van der Waals surface area contributed by atoms with Crippen molar-refractivity contribution >= 4 is 5.91 Å². The number of carbonyl (C=O) groups is 1. The molecule has 2 N–H and O–H groups in total. The minimum Gasteiger partial charge on any atom is -0.390 e. The van der Waals surface area contributed by atoms with E-state index in [1.165, 1.54) is 19.2 Å². The van der Waals surface area contributed by atoms with E-state index in [9.17, 15) is 14.3 Å². The van der Waals surface area contributed by atoms with Gasteiger partial charge < -0.3 is 24.4 Å². The van der Waals surface area contributed by atoms with Gasteiger partial charge in [0.15, 0.2) is 5.76 Å². The maximum absolute atomic E-state index is 13.0. The van der Waals surface area contributed by atoms with Crippen molar-refractivity contribution in [2.45, 2.75) is 37.6 Å². The fourth-order valence-corrected chi connectivity index (χ4v) is 3.07. The van der Waals surface area contributed by atoms with Crippen LogP contribution in [0.15, 0.2) is 34.9 Å². The number of carbonyl (C=O) groups excluding carboxylic acids is 1. The molecule has 0 unspecified atom stereocenters. The van der Waals surface area contributed by atoms with Crippen molar-refractivity contribution in [3.8, 4) is 11.3 Å². The number of halogens is 1. The molecule has 1 aliphatic heterocycles. The zero-order valence-corrected chi connectivity index (χ0v) is 15.1. The summed E-state index contributed by atoms with van der Waals surface area (Å²) < 4.78 is 29.0. The van der Waals surface area contributed by atoms with Crippen LogP contribution >= 0.6 is 0 Å². The number of nitrogens with zero attached hydrogens (tertiary/aromatic N) is 1. The molecule has 1 aliphatic rings. The quantitative estimate of drug-likeness (QED) is 0.762. The number of hydrogen-bond acceptors (Lipinski definition) is 6. The maximum atomic E-state index is 13.0. The van der Waals surface area contributed by atoms with E-state index in [0.29, 0.717) is 25.0 Å². The van der Waals surface area contributed by atoms with Crippen molar-refractivity contribution in [3.05, 3.63) is 41.8 Å². The molecule has 0 bridgehead atoms. The Morgan fingerprint density at radius 2 is 2.15 bits per heavy atom. The van der Waals surface area contributed by atoms with E-state index >= 15 is 0 Å². The van der Waals surface area contributed by atoms with Crippen molar-refractivity contribution in [2.75, 3.05) is 20.3 Å². The molecule has 0 radical (unpaired) electrons. The van der Waals surface area contributed by atoms with Crippen LogP contribution in [0.1, 0.15) is 18.5 Å². The maximum Gasteiger partial charge on any atom is 0.246 e. The van der Waals surface area contributed by atoms with Gasteiger partial charge in [-0.1, -0.05) is 5.16 Å². The molecular formula is C19H23FN2O5. The van der Waals surface area contributed by atoms with Crippen LogP contribution in [0.4, 0.5) is 4.39 Å². The lowest BCUT2D eigenvalue weighted by Gasteiger charge is -2.33. The van der Waals surface area contributed by atoms with Crippen molar-refractivity contribution < 1.29 is 28.3 Å². The molecule has 27 heavy (non-hydrogen) atoms. The van der Waals surface area contributed by atoms with Crippen LogP contribution in [0.25, 0.3) is 11.3 Å². The van der Waals surface area contributed by atoms with Crippen molar-refractivity contribution in [3.63, 3.8) is 0 Å². The molecule has 3 rings (SSSR count). The van der Waals surface area contributed by atoms with E-state index in [0.717, 1.165) is 11.3 Å². The van der Waals surface area contributed by atoms with Gasteiger partial charge >= 0.3 is 0 Å². The van der Waals surface area contributed by atoms with E-state index < -0.39 is 12.2 Å². The largest absolute Gasteiger partial charge is 0.390 e. The van der Waals surface area contributed by atoms with Gasteiger partial charge in [0.2, 0.25) is 5.91 Å². The highest BCUT2D eigenvalue weighted by Crippen LogP contribution is 2.25. The third-order valence-electron chi connectivity index (χ3n) is 4.48. The van der Waals surface area contributed by atoms with E-state index in [1.807, 2.05) is 0 Å². The molecule has 0 spiro atoms. The second-order valence-electron chi connectivity index (χ2n) is 6.57. The summed E-state index contributed by atoms with van der Waals surface area (Å²) in [5, 5.41) is 16.8. The predicted molar refractivity (Wildman–Crippen MR) is 94.4 cm³/mol. The van der Waals surface area contributed by atoms with Crippen LogP contribution in [0.5, 0.6) is 0 Å². The van der Waals surface area contributed by atoms with Crippen molar-refractivity contribution in [2.24, 2.45) is 0 Å². The Morgan fingerprint density at radius 1 is 1.37 bits per heavy atom. The Hall–Kier alpha value is -2.29. The predicted octanol–water partition coefficient (Wildman–Crippen LogP) is 1.69. The minimum absolute atomic E-state index is 0.0304. The Labute approximate surface area is 156 Å². The third-order valence-corrected chi connectivity index (χ3v) is 4.48. The van der Waals surface area contributed by atoms with Gasteiger partial charge in [-0.3, -0.25) is 4.79 Å². The number of aliphatic hydroxyl groups is 1. The second kappa shape index (κ2) is 9.07. The smallest absolute Gasteiger partial charge is 0.246 e. The first kappa shape index (κ1) is 19.5. The zero-order chi connectivity index (χ0) is 19.2. The number of nitrogens with one attached hydrogen (secondary N) is 1. The van der Waals surface area contributed by atoms with E-state index in [2.05, 4.69) is 10.5 Å². The fourth-order valence-electron chi connectivity index (χ4n) is 3.07. The number of ether oxygens (including phenoxy) is 2. The lowest BCUT2D eigenvalue weighted by Crippen LogP contribution is -2.47. The SMILES string of the molecule is COCC(=O)NC[C@H]1O[C@H](Cc2cc(-c3ccc(F)cc3)on2)CC[C@@H]1O. The molecule has 8 heteroatoms. The average Bonchev–Trinajstić information content (AvgIpc) is 3.11. The molecule has 1 amide bonds. The Bertz CT molecular complexity index is 749. The number of aromatic nitrogens is 1. The van der Waals surface area contributed by atoms with Gasteiger partial charge in [0.25, 0.3) is 0 Å². The summed E-state index contributed by atoms with van der Waals surface area (Å²) in [6, 6.07) is 7.80. The van der Waals surface area contributed by atoms with Gasteiger partial charge in [0, 0.05) is 31.7 Å². The summed E-state index contributed by atoms with van der Waals surface area (Å²) in [7, 11) is 1.44. The van der Waals surface area contributed by atoms with E-state index in [4.69, 9.17) is 14.0 Å². The van der Waals surface area contributed by atoms with Gasteiger partial charge in [-0.2, -0.15) is 0 Å².